The molecule has 10 heteroatoms. The van der Waals surface area contributed by atoms with Gasteiger partial charge in [-0.25, -0.2) is 0 Å². The molecule has 1 atom stereocenters. The fourth-order valence-electron chi connectivity index (χ4n) is 3.76. The van der Waals surface area contributed by atoms with Crippen molar-refractivity contribution in [2.45, 2.75) is 6.04 Å². The second-order valence-electron chi connectivity index (χ2n) is 7.39. The van der Waals surface area contributed by atoms with E-state index in [1.165, 1.54) is 54.5 Å². The van der Waals surface area contributed by atoms with Crippen LogP contribution in [0.25, 0.3) is 5.76 Å². The van der Waals surface area contributed by atoms with E-state index >= 15 is 0 Å². The number of phenolic OH excluding ortho intramolecular Hbond substituents is 1. The van der Waals surface area contributed by atoms with Gasteiger partial charge in [0, 0.05) is 29.4 Å². The minimum atomic E-state index is -1.10. The number of carbonyl (C=O) groups excluding carboxylic acids is 2. The summed E-state index contributed by atoms with van der Waals surface area (Å²) >= 11 is 6.10. The minimum absolute atomic E-state index is 0.0101. The maximum atomic E-state index is 13.1. The number of amides is 1. The van der Waals surface area contributed by atoms with Gasteiger partial charge in [0.15, 0.2) is 0 Å². The summed E-state index contributed by atoms with van der Waals surface area (Å²) in [5, 5.41) is 31.9. The van der Waals surface area contributed by atoms with E-state index < -0.39 is 28.4 Å². The first-order chi connectivity index (χ1) is 16.2. The molecule has 1 fully saturated rings. The Morgan fingerprint density at radius 2 is 1.79 bits per heavy atom. The van der Waals surface area contributed by atoms with Crippen molar-refractivity contribution < 1.29 is 29.5 Å². The highest BCUT2D eigenvalue weighted by Crippen LogP contribution is 2.44. The third-order valence-electron chi connectivity index (χ3n) is 5.41. The van der Waals surface area contributed by atoms with E-state index in [9.17, 15) is 29.9 Å². The number of methoxy groups -OCH3 is 1. The highest BCUT2D eigenvalue weighted by molar-refractivity contribution is 6.51. The molecule has 3 aromatic carbocycles. The maximum absolute atomic E-state index is 13.1. The van der Waals surface area contributed by atoms with Crippen molar-refractivity contribution in [3.63, 3.8) is 0 Å². The summed E-state index contributed by atoms with van der Waals surface area (Å²) in [5.41, 5.74) is 0.370. The van der Waals surface area contributed by atoms with Crippen molar-refractivity contribution in [3.05, 3.63) is 98.6 Å². The van der Waals surface area contributed by atoms with E-state index in [-0.39, 0.29) is 27.6 Å². The Morgan fingerprint density at radius 1 is 1.09 bits per heavy atom. The predicted octanol–water partition coefficient (Wildman–Crippen LogP) is 4.59. The van der Waals surface area contributed by atoms with Gasteiger partial charge in [-0.2, -0.15) is 0 Å². The summed E-state index contributed by atoms with van der Waals surface area (Å²) in [5.74, 6) is -2.11. The molecule has 0 bridgehead atoms. The molecule has 1 saturated heterocycles. The zero-order chi connectivity index (χ0) is 24.6. The topological polar surface area (TPSA) is 130 Å². The van der Waals surface area contributed by atoms with E-state index in [0.29, 0.717) is 17.0 Å². The van der Waals surface area contributed by atoms with Crippen LogP contribution in [0.3, 0.4) is 0 Å². The van der Waals surface area contributed by atoms with Gasteiger partial charge in [0.25, 0.3) is 17.4 Å². The van der Waals surface area contributed by atoms with Crippen LogP contribution in [0.15, 0.2) is 72.3 Å². The van der Waals surface area contributed by atoms with Gasteiger partial charge in [-0.1, -0.05) is 23.7 Å². The van der Waals surface area contributed by atoms with Crippen LogP contribution in [0.2, 0.25) is 5.02 Å². The summed E-state index contributed by atoms with van der Waals surface area (Å²) in [7, 11) is 1.46. The summed E-state index contributed by atoms with van der Waals surface area (Å²) in [6.07, 6.45) is 0. The SMILES string of the molecule is COc1cccc(N2C(=O)C(=O)/C(=C(\O)c3ccc([N+](=O)[O-])cc3)C2c2ccc(O)c(Cl)c2)c1. The summed E-state index contributed by atoms with van der Waals surface area (Å²) in [6.45, 7) is 0. The first-order valence-electron chi connectivity index (χ1n) is 9.91. The third kappa shape index (κ3) is 3.93. The number of aliphatic hydroxyl groups is 1. The van der Waals surface area contributed by atoms with Gasteiger partial charge in [-0.3, -0.25) is 24.6 Å². The van der Waals surface area contributed by atoms with E-state index in [1.807, 2.05) is 0 Å². The van der Waals surface area contributed by atoms with Gasteiger partial charge >= 0.3 is 0 Å². The number of phenols is 1. The van der Waals surface area contributed by atoms with Crippen LogP contribution in [0, 0.1) is 10.1 Å². The number of aromatic hydroxyl groups is 1. The molecule has 4 rings (SSSR count). The van der Waals surface area contributed by atoms with Crippen LogP contribution < -0.4 is 9.64 Å². The lowest BCUT2D eigenvalue weighted by Gasteiger charge is -2.26. The van der Waals surface area contributed by atoms with Gasteiger partial charge in [-0.15, -0.1) is 0 Å². The molecule has 34 heavy (non-hydrogen) atoms. The number of benzene rings is 3. The monoisotopic (exact) mass is 480 g/mol. The molecule has 0 saturated carbocycles. The third-order valence-corrected chi connectivity index (χ3v) is 5.72. The number of nitro benzene ring substituents is 1. The lowest BCUT2D eigenvalue weighted by molar-refractivity contribution is -0.384. The zero-order valence-electron chi connectivity index (χ0n) is 17.6. The number of ether oxygens (including phenoxy) is 1. The second kappa shape index (κ2) is 8.87. The molecule has 2 N–H and O–H groups in total. The number of halogens is 1. The number of anilines is 1. The Kier molecular flexibility index (Phi) is 5.95. The number of rotatable bonds is 5. The quantitative estimate of drug-likeness (QED) is 0.179. The Balaban J connectivity index is 1.94. The molecule has 3 aromatic rings. The van der Waals surface area contributed by atoms with Crippen LogP contribution in [0.5, 0.6) is 11.5 Å². The van der Waals surface area contributed by atoms with Gasteiger partial charge < -0.3 is 14.9 Å². The molecule has 1 aliphatic heterocycles. The lowest BCUT2D eigenvalue weighted by Crippen LogP contribution is -2.29. The minimum Gasteiger partial charge on any atom is -0.507 e. The molecular weight excluding hydrogens is 464 g/mol. The zero-order valence-corrected chi connectivity index (χ0v) is 18.4. The Labute approximate surface area is 198 Å². The Morgan fingerprint density at radius 3 is 2.41 bits per heavy atom. The summed E-state index contributed by atoms with van der Waals surface area (Å²) in [4.78, 5) is 37.9. The van der Waals surface area contributed by atoms with Crippen molar-refractivity contribution >= 4 is 40.4 Å². The molecule has 0 spiro atoms. The van der Waals surface area contributed by atoms with Gasteiger partial charge in [0.2, 0.25) is 0 Å². The van der Waals surface area contributed by atoms with E-state index in [1.54, 1.807) is 24.3 Å². The smallest absolute Gasteiger partial charge is 0.300 e. The normalized spacial score (nSPS) is 17.1. The fourth-order valence-corrected chi connectivity index (χ4v) is 3.95. The lowest BCUT2D eigenvalue weighted by atomic mass is 9.95. The van der Waals surface area contributed by atoms with Gasteiger partial charge in [-0.05, 0) is 42.0 Å². The fraction of sp³-hybridized carbons (Fsp3) is 0.0833. The average molecular weight is 481 g/mol. The first kappa shape index (κ1) is 22.8. The van der Waals surface area contributed by atoms with Crippen molar-refractivity contribution in [1.29, 1.82) is 0 Å². The predicted molar refractivity (Wildman–Crippen MR) is 124 cm³/mol. The molecule has 9 nitrogen and oxygen atoms in total. The highest BCUT2D eigenvalue weighted by atomic mass is 35.5. The Bertz CT molecular complexity index is 1350. The number of hydrogen-bond acceptors (Lipinski definition) is 7. The van der Waals surface area contributed by atoms with Crippen molar-refractivity contribution in [2.75, 3.05) is 12.0 Å². The average Bonchev–Trinajstić information content (AvgIpc) is 3.10. The molecular formula is C24H17ClN2O7. The number of nitrogens with zero attached hydrogens (tertiary/aromatic N) is 2. The van der Waals surface area contributed by atoms with Crippen LogP contribution >= 0.6 is 11.6 Å². The van der Waals surface area contributed by atoms with Crippen LogP contribution in [0.1, 0.15) is 17.2 Å². The Hall–Kier alpha value is -4.37. The molecule has 1 aliphatic rings. The summed E-state index contributed by atoms with van der Waals surface area (Å²) < 4.78 is 5.23. The number of hydrogen-bond donors (Lipinski definition) is 2. The van der Waals surface area contributed by atoms with Gasteiger partial charge in [0.05, 0.1) is 28.7 Å². The van der Waals surface area contributed by atoms with Crippen molar-refractivity contribution in [1.82, 2.24) is 0 Å². The number of ketones is 1. The largest absolute Gasteiger partial charge is 0.507 e. The van der Waals surface area contributed by atoms with Crippen molar-refractivity contribution in [2.24, 2.45) is 0 Å². The molecule has 0 radical (unpaired) electrons. The van der Waals surface area contributed by atoms with Crippen LogP contribution in [-0.2, 0) is 9.59 Å². The number of nitro groups is 1. The number of carbonyl (C=O) groups is 2. The van der Waals surface area contributed by atoms with Gasteiger partial charge in [0.1, 0.15) is 17.3 Å². The van der Waals surface area contributed by atoms with E-state index in [4.69, 9.17) is 16.3 Å². The number of aliphatic hydroxyl groups excluding tert-OH is 1. The number of non-ortho nitro benzene ring substituents is 1. The molecule has 0 aromatic heterocycles. The van der Waals surface area contributed by atoms with E-state index in [2.05, 4.69) is 0 Å². The standard InChI is InChI=1S/C24H17ClN2O7/c1-34-17-4-2-3-16(12-17)26-21(14-7-10-19(28)18(25)11-14)20(23(30)24(26)31)22(29)13-5-8-15(9-6-13)27(32)33/h2-12,21,28-29H,1H3/b22-20-. The molecule has 1 unspecified atom stereocenters. The number of Topliss-reactive ketones (excluding diaryl/α,β-unsaturated/α-hetero) is 1. The molecule has 172 valence electrons. The molecule has 0 aliphatic carbocycles. The van der Waals surface area contributed by atoms with Crippen LogP contribution in [0.4, 0.5) is 11.4 Å². The molecule has 1 heterocycles. The second-order valence-corrected chi connectivity index (χ2v) is 7.79. The highest BCUT2D eigenvalue weighted by Gasteiger charge is 2.47. The first-order valence-corrected chi connectivity index (χ1v) is 10.3. The summed E-state index contributed by atoms with van der Waals surface area (Å²) in [6, 6.07) is 14.5. The maximum Gasteiger partial charge on any atom is 0.300 e. The van der Waals surface area contributed by atoms with Crippen LogP contribution in [-0.4, -0.2) is 33.9 Å². The molecule has 1 amide bonds. The van der Waals surface area contributed by atoms with E-state index in [0.717, 1.165) is 0 Å². The van der Waals surface area contributed by atoms with Crippen molar-refractivity contribution in [3.8, 4) is 11.5 Å².